The Kier molecular flexibility index (Phi) is 6.59. The zero-order valence-electron chi connectivity index (χ0n) is 17.3. The summed E-state index contributed by atoms with van der Waals surface area (Å²) in [5.74, 6) is 0.138. The number of carbonyl (C=O) groups is 1. The van der Waals surface area contributed by atoms with Crippen molar-refractivity contribution in [3.63, 3.8) is 0 Å². The summed E-state index contributed by atoms with van der Waals surface area (Å²) < 4.78 is 24.2. The first-order valence-electron chi connectivity index (χ1n) is 9.96. The SMILES string of the molecule is NS(=O)(=O)c1ccc(NC(=O)CCSc2nc3ccccc3c(=O)n2-c2ccccc2)cc1. The first-order valence-corrected chi connectivity index (χ1v) is 12.5. The standard InChI is InChI=1S/C23H20N4O4S2/c24-33(30,31)18-12-10-16(11-13-18)25-21(28)14-15-32-23-26-20-9-5-4-8-19(20)22(29)27(23)17-6-2-1-3-7-17/h1-13H,14-15H2,(H,25,28)(H2,24,30,31). The molecule has 0 atom stereocenters. The van der Waals surface area contributed by atoms with Crippen LogP contribution >= 0.6 is 11.8 Å². The van der Waals surface area contributed by atoms with Crippen molar-refractivity contribution in [2.24, 2.45) is 5.14 Å². The zero-order chi connectivity index (χ0) is 23.4. The van der Waals surface area contributed by atoms with E-state index in [1.54, 1.807) is 22.8 Å². The highest BCUT2D eigenvalue weighted by Crippen LogP contribution is 2.22. The van der Waals surface area contributed by atoms with Crippen LogP contribution in [0.5, 0.6) is 0 Å². The van der Waals surface area contributed by atoms with Crippen molar-refractivity contribution in [2.75, 3.05) is 11.1 Å². The summed E-state index contributed by atoms with van der Waals surface area (Å²) >= 11 is 1.31. The Hall–Kier alpha value is -3.47. The lowest BCUT2D eigenvalue weighted by molar-refractivity contribution is -0.115. The number of benzene rings is 3. The maximum Gasteiger partial charge on any atom is 0.266 e. The van der Waals surface area contributed by atoms with Gasteiger partial charge in [0.15, 0.2) is 5.16 Å². The molecule has 0 aliphatic rings. The van der Waals surface area contributed by atoms with Crippen LogP contribution in [0.2, 0.25) is 0 Å². The van der Waals surface area contributed by atoms with Crippen LogP contribution in [0.3, 0.4) is 0 Å². The molecular weight excluding hydrogens is 460 g/mol. The van der Waals surface area contributed by atoms with Gasteiger partial charge in [-0.1, -0.05) is 42.1 Å². The number of carbonyl (C=O) groups excluding carboxylic acids is 1. The number of rotatable bonds is 7. The minimum atomic E-state index is -3.79. The van der Waals surface area contributed by atoms with Gasteiger partial charge in [-0.2, -0.15) is 0 Å². The lowest BCUT2D eigenvalue weighted by atomic mass is 10.2. The number of aromatic nitrogens is 2. The molecule has 0 radical (unpaired) electrons. The number of hydrogen-bond acceptors (Lipinski definition) is 6. The molecular formula is C23H20N4O4S2. The molecule has 0 bridgehead atoms. The normalized spacial score (nSPS) is 11.4. The van der Waals surface area contributed by atoms with Crippen LogP contribution in [0.15, 0.2) is 93.7 Å². The second-order valence-electron chi connectivity index (χ2n) is 7.10. The van der Waals surface area contributed by atoms with E-state index in [4.69, 9.17) is 5.14 Å². The highest BCUT2D eigenvalue weighted by atomic mass is 32.2. The second-order valence-corrected chi connectivity index (χ2v) is 9.73. The third-order valence-corrected chi connectivity index (χ3v) is 6.66. The predicted octanol–water partition coefficient (Wildman–Crippen LogP) is 3.15. The van der Waals surface area contributed by atoms with Crippen LogP contribution in [0.4, 0.5) is 5.69 Å². The lowest BCUT2D eigenvalue weighted by Gasteiger charge is -2.13. The fourth-order valence-corrected chi connectivity index (χ4v) is 4.67. The van der Waals surface area contributed by atoms with Gasteiger partial charge in [0.05, 0.1) is 21.5 Å². The molecule has 33 heavy (non-hydrogen) atoms. The molecule has 3 N–H and O–H groups in total. The van der Waals surface area contributed by atoms with Gasteiger partial charge in [-0.25, -0.2) is 18.5 Å². The van der Waals surface area contributed by atoms with Gasteiger partial charge < -0.3 is 5.32 Å². The number of primary sulfonamides is 1. The van der Waals surface area contributed by atoms with Gasteiger partial charge in [0.1, 0.15) is 0 Å². The number of anilines is 1. The second kappa shape index (κ2) is 9.57. The number of fused-ring (bicyclic) bond motifs is 1. The van der Waals surface area contributed by atoms with Crippen LogP contribution in [-0.4, -0.2) is 29.6 Å². The highest BCUT2D eigenvalue weighted by molar-refractivity contribution is 7.99. The van der Waals surface area contributed by atoms with E-state index in [9.17, 15) is 18.0 Å². The molecule has 4 rings (SSSR count). The van der Waals surface area contributed by atoms with E-state index in [1.165, 1.54) is 36.0 Å². The van der Waals surface area contributed by atoms with Crippen molar-refractivity contribution in [2.45, 2.75) is 16.5 Å². The molecule has 0 aliphatic heterocycles. The summed E-state index contributed by atoms with van der Waals surface area (Å²) in [5, 5.41) is 8.81. The summed E-state index contributed by atoms with van der Waals surface area (Å²) in [7, 11) is -3.79. The van der Waals surface area contributed by atoms with Gasteiger partial charge in [-0.15, -0.1) is 0 Å². The third kappa shape index (κ3) is 5.30. The molecule has 1 aromatic heterocycles. The number of hydrogen-bond donors (Lipinski definition) is 2. The number of thioether (sulfide) groups is 1. The van der Waals surface area contributed by atoms with E-state index in [2.05, 4.69) is 10.3 Å². The minimum absolute atomic E-state index is 0.0303. The summed E-state index contributed by atoms with van der Waals surface area (Å²) in [5.41, 5.74) is 1.58. The van der Waals surface area contributed by atoms with Crippen LogP contribution in [0.25, 0.3) is 16.6 Å². The third-order valence-electron chi connectivity index (χ3n) is 4.79. The van der Waals surface area contributed by atoms with Crippen LogP contribution < -0.4 is 16.0 Å². The van der Waals surface area contributed by atoms with Crippen molar-refractivity contribution >= 4 is 44.3 Å². The van der Waals surface area contributed by atoms with Crippen molar-refractivity contribution < 1.29 is 13.2 Å². The monoisotopic (exact) mass is 480 g/mol. The molecule has 8 nitrogen and oxygen atoms in total. The molecule has 0 aliphatic carbocycles. The molecule has 1 amide bonds. The number of amides is 1. The topological polar surface area (TPSA) is 124 Å². The van der Waals surface area contributed by atoms with Gasteiger partial charge in [0.2, 0.25) is 15.9 Å². The zero-order valence-corrected chi connectivity index (χ0v) is 19.0. The molecule has 3 aromatic carbocycles. The van der Waals surface area contributed by atoms with Crippen LogP contribution in [-0.2, 0) is 14.8 Å². The smallest absolute Gasteiger partial charge is 0.266 e. The number of nitrogens with two attached hydrogens (primary N) is 1. The van der Waals surface area contributed by atoms with Crippen molar-refractivity contribution in [3.05, 3.63) is 89.2 Å². The molecule has 0 spiro atoms. The van der Waals surface area contributed by atoms with E-state index >= 15 is 0 Å². The first kappa shape index (κ1) is 22.7. The van der Waals surface area contributed by atoms with Crippen LogP contribution in [0, 0.1) is 0 Å². The Bertz CT molecular complexity index is 1470. The molecule has 10 heteroatoms. The molecule has 4 aromatic rings. The summed E-state index contributed by atoms with van der Waals surface area (Å²) in [6.07, 6.45) is 0.166. The first-order chi connectivity index (χ1) is 15.8. The van der Waals surface area contributed by atoms with Crippen molar-refractivity contribution in [3.8, 4) is 5.69 Å². The summed E-state index contributed by atoms with van der Waals surface area (Å²) in [6, 6.07) is 22.0. The van der Waals surface area contributed by atoms with Gasteiger partial charge in [0, 0.05) is 17.9 Å². The fourth-order valence-electron chi connectivity index (χ4n) is 3.20. The summed E-state index contributed by atoms with van der Waals surface area (Å²) in [6.45, 7) is 0. The fraction of sp³-hybridized carbons (Fsp3) is 0.0870. The molecule has 1 heterocycles. The van der Waals surface area contributed by atoms with E-state index in [0.29, 0.717) is 33.2 Å². The van der Waals surface area contributed by atoms with E-state index in [1.807, 2.05) is 36.4 Å². The Morgan fingerprint density at radius 3 is 2.33 bits per heavy atom. The number of nitrogens with zero attached hydrogens (tertiary/aromatic N) is 2. The Morgan fingerprint density at radius 1 is 0.970 bits per heavy atom. The number of nitrogens with one attached hydrogen (secondary N) is 1. The quantitative estimate of drug-likeness (QED) is 0.309. The summed E-state index contributed by atoms with van der Waals surface area (Å²) in [4.78, 5) is 30.1. The molecule has 0 unspecified atom stereocenters. The highest BCUT2D eigenvalue weighted by Gasteiger charge is 2.14. The Morgan fingerprint density at radius 2 is 1.64 bits per heavy atom. The number of sulfonamides is 1. The van der Waals surface area contributed by atoms with Gasteiger partial charge in [-0.3, -0.25) is 14.2 Å². The Labute approximate surface area is 194 Å². The van der Waals surface area contributed by atoms with E-state index in [-0.39, 0.29) is 22.8 Å². The predicted molar refractivity (Wildman–Crippen MR) is 129 cm³/mol. The van der Waals surface area contributed by atoms with Crippen molar-refractivity contribution in [1.29, 1.82) is 0 Å². The Balaban J connectivity index is 1.50. The molecule has 0 fully saturated rings. The van der Waals surface area contributed by atoms with Gasteiger partial charge >= 0.3 is 0 Å². The molecule has 0 saturated heterocycles. The van der Waals surface area contributed by atoms with Gasteiger partial charge in [-0.05, 0) is 48.5 Å². The largest absolute Gasteiger partial charge is 0.326 e. The number of para-hydroxylation sites is 2. The molecule has 0 saturated carbocycles. The minimum Gasteiger partial charge on any atom is -0.326 e. The average Bonchev–Trinajstić information content (AvgIpc) is 2.79. The lowest BCUT2D eigenvalue weighted by Crippen LogP contribution is -2.22. The maximum absolute atomic E-state index is 13.2. The average molecular weight is 481 g/mol. The van der Waals surface area contributed by atoms with E-state index < -0.39 is 10.0 Å². The maximum atomic E-state index is 13.2. The van der Waals surface area contributed by atoms with Gasteiger partial charge in [0.25, 0.3) is 5.56 Å². The van der Waals surface area contributed by atoms with Crippen molar-refractivity contribution in [1.82, 2.24) is 9.55 Å². The van der Waals surface area contributed by atoms with Crippen LogP contribution in [0.1, 0.15) is 6.42 Å². The van der Waals surface area contributed by atoms with E-state index in [0.717, 1.165) is 0 Å². The molecule has 168 valence electrons.